The van der Waals surface area contributed by atoms with Crippen molar-refractivity contribution in [3.8, 4) is 62.9 Å². The number of ether oxygens (including phenoxy) is 6. The van der Waals surface area contributed by atoms with Crippen LogP contribution in [0.25, 0.3) is 11.1 Å². The van der Waals surface area contributed by atoms with E-state index in [1.54, 1.807) is 13.8 Å². The van der Waals surface area contributed by atoms with Crippen LogP contribution in [-0.4, -0.2) is 196 Å². The SMILES string of the molecule is CN[C@H](CC(C)C)C(=O)N[C@H]1C(=O)N[C@@H](CC(N)=O)C(=O)N[C@H]2C(=O)N[C@H]3C(=O)N[C@H](C(=O)N[C@H](C(=O)O)c4cc(O)cc(O)c4-c4cc3ccc4O)[C@H](O)c3ccc(c(Cl)c3)Oc3cc2cc(c3O[C@@H]2O[C@H](CO)[C@@H](O)[C@H](O)[C@H]2O[C@H]2C[C@](C)(N)[C@H](O)[C@H](C)O2)Oc2cc(O)c(cc2Cl)[C@H]1O. The fraction of sp³-hybridized carbons (Fsp3) is 0.424. The second-order valence-electron chi connectivity index (χ2n) is 25.9. The molecule has 0 aliphatic carbocycles. The van der Waals surface area contributed by atoms with Gasteiger partial charge in [0.2, 0.25) is 53.4 Å². The molecule has 11 bridgehead atoms. The van der Waals surface area contributed by atoms with E-state index in [0.29, 0.717) is 0 Å². The highest BCUT2D eigenvalue weighted by atomic mass is 35.5. The summed E-state index contributed by atoms with van der Waals surface area (Å²) in [6, 6.07) is -3.15. The number of phenolic OH excluding ortho intramolecular Hbond substituents is 4. The number of phenols is 4. The number of benzene rings is 5. The molecule has 12 rings (SSSR count). The first kappa shape index (κ1) is 75.3. The fourth-order valence-corrected chi connectivity index (χ4v) is 13.0. The molecule has 36 heteroatoms. The van der Waals surface area contributed by atoms with E-state index >= 15 is 14.4 Å². The zero-order valence-corrected chi connectivity index (χ0v) is 56.2. The van der Waals surface area contributed by atoms with Crippen LogP contribution < -0.4 is 62.9 Å². The predicted molar refractivity (Wildman–Crippen MR) is 351 cm³/mol. The lowest BCUT2D eigenvalue weighted by molar-refractivity contribution is -0.333. The monoisotopic (exact) mass is 1460 g/mol. The summed E-state index contributed by atoms with van der Waals surface area (Å²) in [6.07, 6.45) is -19.2. The second-order valence-corrected chi connectivity index (χ2v) is 26.7. The minimum absolute atomic E-state index is 0.140. The molecule has 548 valence electrons. The van der Waals surface area contributed by atoms with Gasteiger partial charge in [0.25, 0.3) is 0 Å². The van der Waals surface area contributed by atoms with Gasteiger partial charge in [-0.05, 0) is 98.5 Å². The molecule has 18 atom stereocenters. The van der Waals surface area contributed by atoms with Crippen molar-refractivity contribution in [3.63, 3.8) is 0 Å². The summed E-state index contributed by atoms with van der Waals surface area (Å²) in [7, 11) is 1.44. The maximum Gasteiger partial charge on any atom is 0.330 e. The number of halogens is 2. The van der Waals surface area contributed by atoms with Gasteiger partial charge in [0.1, 0.15) is 95.2 Å². The zero-order chi connectivity index (χ0) is 74.4. The quantitative estimate of drug-likeness (QED) is 0.0726. The predicted octanol–water partition coefficient (Wildman–Crippen LogP) is -0.188. The molecule has 2 saturated heterocycles. The number of aliphatic carboxylic acids is 1. The Bertz CT molecular complexity index is 4130. The van der Waals surface area contributed by atoms with Crippen LogP contribution >= 0.6 is 23.2 Å². The number of aromatic hydroxyl groups is 4. The lowest BCUT2D eigenvalue weighted by Crippen LogP contribution is -2.64. The number of aliphatic hydroxyl groups excluding tert-OH is 6. The highest BCUT2D eigenvalue weighted by Gasteiger charge is 2.52. The number of aliphatic hydroxyl groups is 6. The summed E-state index contributed by atoms with van der Waals surface area (Å²) in [4.78, 5) is 117. The molecule has 0 aromatic heterocycles. The molecular weight excluding hydrogens is 1390 g/mol. The number of carbonyl (C=O) groups is 8. The van der Waals surface area contributed by atoms with E-state index in [9.17, 15) is 80.1 Å². The van der Waals surface area contributed by atoms with Crippen LogP contribution in [0.3, 0.4) is 0 Å². The Morgan fingerprint density at radius 2 is 1.35 bits per heavy atom. The van der Waals surface area contributed by atoms with Gasteiger partial charge < -0.3 is 133 Å². The van der Waals surface area contributed by atoms with Gasteiger partial charge in [-0.1, -0.05) is 49.2 Å². The van der Waals surface area contributed by atoms with Crippen LogP contribution in [0.5, 0.6) is 51.7 Å². The maximum atomic E-state index is 16.0. The van der Waals surface area contributed by atoms with Crippen molar-refractivity contribution < 1.29 is 123 Å². The van der Waals surface area contributed by atoms with Crippen LogP contribution in [0.4, 0.5) is 0 Å². The molecule has 0 spiro atoms. The zero-order valence-electron chi connectivity index (χ0n) is 54.7. The molecule has 7 aliphatic rings. The van der Waals surface area contributed by atoms with Crippen molar-refractivity contribution >= 4 is 70.5 Å². The Balaban J connectivity index is 1.25. The Kier molecular flexibility index (Phi) is 22.3. The smallest absolute Gasteiger partial charge is 0.330 e. The standard InChI is InChI=1S/C66H75Cl2N9O25/c1-22(2)10-33(71-5)58(89)76-50-52(85)29-17-32(68)39(19-36(29)81)99-41-14-26-13-40(55(41)102-65-56(54(87)53(86)42(21-78)100-65)101-44-20-66(4,70)57(88)23(3)97-44)98-38-9-7-25(12-31(38)67)51(84)49-63(94)75-48(64(95)96)30-15-27(79)16-37(82)45(30)28-11-24(6-8-35(28)80)46(60(91)77-49)74-61(92)47(26)73-59(90)34(18-43(69)83)72-62(50)93/h6-9,11-17,19,22-23,33-34,42,44,46-54,56-57,65,71,78-82,84-88H,10,18,20-21,70H2,1-5H3,(H2,69,83)(H,72,93)(H,73,90)(H,74,92)(H,75,94)(H,76,89)(H,77,91)(H,95,96)/t23-,33+,34-,42+,44-,46+,47+,48-,49-,50+,51+,52+,53+,54-,56+,57+,65-,66-/m0/s1. The lowest BCUT2D eigenvalue weighted by Gasteiger charge is -2.47. The van der Waals surface area contributed by atoms with Crippen molar-refractivity contribution in [1.29, 1.82) is 0 Å². The van der Waals surface area contributed by atoms with Gasteiger partial charge in [-0.15, -0.1) is 0 Å². The number of fused-ring (bicyclic) bond motifs is 15. The summed E-state index contributed by atoms with van der Waals surface area (Å²) in [5, 5.41) is 142. The molecule has 2 fully saturated rings. The van der Waals surface area contributed by atoms with E-state index < -0.39 is 259 Å². The second kappa shape index (κ2) is 30.3. The molecule has 7 heterocycles. The summed E-state index contributed by atoms with van der Waals surface area (Å²) < 4.78 is 38.1. The Hall–Kier alpha value is -9.40. The number of carboxylic acids is 1. The van der Waals surface area contributed by atoms with Gasteiger partial charge in [-0.2, -0.15) is 0 Å². The van der Waals surface area contributed by atoms with Gasteiger partial charge in [-0.3, -0.25) is 33.6 Å². The summed E-state index contributed by atoms with van der Waals surface area (Å²) in [6.45, 7) is 5.54. The van der Waals surface area contributed by atoms with E-state index in [-0.39, 0.29) is 29.9 Å². The van der Waals surface area contributed by atoms with Crippen LogP contribution in [0.2, 0.25) is 10.0 Å². The van der Waals surface area contributed by atoms with Crippen molar-refractivity contribution in [2.24, 2.45) is 17.4 Å². The minimum atomic E-state index is -2.40. The maximum absolute atomic E-state index is 16.0. The Labute approximate surface area is 589 Å². The third-order valence-corrected chi connectivity index (χ3v) is 18.5. The molecule has 5 aromatic rings. The van der Waals surface area contributed by atoms with Gasteiger partial charge in [0.15, 0.2) is 29.9 Å². The van der Waals surface area contributed by atoms with E-state index in [4.69, 9.17) is 63.1 Å². The molecule has 0 saturated carbocycles. The number of nitrogens with two attached hydrogens (primary N) is 2. The van der Waals surface area contributed by atoms with E-state index in [1.165, 1.54) is 20.9 Å². The molecule has 5 aromatic carbocycles. The Morgan fingerprint density at radius 3 is 1.99 bits per heavy atom. The first-order chi connectivity index (χ1) is 48.1. The summed E-state index contributed by atoms with van der Waals surface area (Å²) in [5.74, 6) is -17.9. The molecule has 0 unspecified atom stereocenters. The van der Waals surface area contributed by atoms with Crippen molar-refractivity contribution in [3.05, 3.63) is 111 Å². The van der Waals surface area contributed by atoms with Crippen molar-refractivity contribution in [1.82, 2.24) is 37.2 Å². The van der Waals surface area contributed by atoms with Gasteiger partial charge in [0.05, 0.1) is 41.3 Å². The van der Waals surface area contributed by atoms with Gasteiger partial charge >= 0.3 is 5.97 Å². The number of likely N-dealkylation sites (N-methyl/N-ethyl adjacent to an activating group) is 1. The lowest BCUT2D eigenvalue weighted by atomic mass is 9.86. The fourth-order valence-electron chi connectivity index (χ4n) is 12.6. The van der Waals surface area contributed by atoms with E-state index in [2.05, 4.69) is 37.2 Å². The van der Waals surface area contributed by atoms with Gasteiger partial charge in [-0.25, -0.2) is 4.79 Å². The first-order valence-corrected chi connectivity index (χ1v) is 32.5. The van der Waals surface area contributed by atoms with Crippen LogP contribution in [0.15, 0.2) is 72.8 Å². The summed E-state index contributed by atoms with van der Waals surface area (Å²) >= 11 is 14.1. The topological polar surface area (TPSA) is 551 Å². The van der Waals surface area contributed by atoms with Crippen LogP contribution in [0.1, 0.15) is 105 Å². The van der Waals surface area contributed by atoms with Gasteiger partial charge in [0, 0.05) is 46.3 Å². The number of amides is 7. The average Bonchev–Trinajstić information content (AvgIpc) is 0.765. The number of hydrogen-bond donors (Lipinski definition) is 20. The highest BCUT2D eigenvalue weighted by Crippen LogP contribution is 2.50. The number of rotatable bonds is 13. The molecule has 7 amide bonds. The summed E-state index contributed by atoms with van der Waals surface area (Å²) in [5.41, 5.74) is 7.41. The third-order valence-electron chi connectivity index (χ3n) is 17.9. The minimum Gasteiger partial charge on any atom is -0.508 e. The molecule has 34 nitrogen and oxygen atoms in total. The molecular formula is C66H75Cl2N9O25. The normalized spacial score (nSPS) is 29.3. The van der Waals surface area contributed by atoms with Crippen molar-refractivity contribution in [2.75, 3.05) is 13.7 Å². The largest absolute Gasteiger partial charge is 0.508 e. The average molecular weight is 1470 g/mol. The molecule has 22 N–H and O–H groups in total. The van der Waals surface area contributed by atoms with Crippen molar-refractivity contribution in [2.45, 2.75) is 156 Å². The number of carbonyl (C=O) groups excluding carboxylic acids is 7. The van der Waals surface area contributed by atoms with E-state index in [0.717, 1.165) is 72.8 Å². The number of hydrogen-bond acceptors (Lipinski definition) is 26. The highest BCUT2D eigenvalue weighted by molar-refractivity contribution is 6.32. The first-order valence-electron chi connectivity index (χ1n) is 31.8. The molecule has 7 aliphatic heterocycles. The van der Waals surface area contributed by atoms with Crippen LogP contribution in [-0.2, 0) is 52.6 Å². The third kappa shape index (κ3) is 15.6. The number of nitrogens with one attached hydrogen (secondary N) is 7. The molecule has 102 heavy (non-hydrogen) atoms. The van der Waals surface area contributed by atoms with E-state index in [1.807, 2.05) is 0 Å². The molecule has 0 radical (unpaired) electrons. The Morgan fingerprint density at radius 1 is 0.706 bits per heavy atom. The van der Waals surface area contributed by atoms with Crippen LogP contribution in [0, 0.1) is 5.92 Å². The number of carboxylic acid groups (broad SMARTS) is 1. The number of primary amides is 1.